The highest BCUT2D eigenvalue weighted by Gasteiger charge is 2.16. The second-order valence-corrected chi connectivity index (χ2v) is 5.07. The third-order valence-electron chi connectivity index (χ3n) is 2.79. The molecule has 0 saturated carbocycles. The molecule has 0 fully saturated rings. The predicted octanol–water partition coefficient (Wildman–Crippen LogP) is 2.40. The van der Waals surface area contributed by atoms with Crippen molar-refractivity contribution >= 4 is 15.9 Å². The first-order chi connectivity index (χ1) is 8.63. The summed E-state index contributed by atoms with van der Waals surface area (Å²) in [6.07, 6.45) is 0. The van der Waals surface area contributed by atoms with Gasteiger partial charge in [0.2, 0.25) is 0 Å². The van der Waals surface area contributed by atoms with Crippen LogP contribution < -0.4 is 5.32 Å². The number of rotatable bonds is 4. The maximum absolute atomic E-state index is 4.11. The maximum atomic E-state index is 4.11. The molecular weight excluding hydrogens is 294 g/mol. The van der Waals surface area contributed by atoms with Crippen molar-refractivity contribution in [2.24, 2.45) is 0 Å². The zero-order valence-corrected chi connectivity index (χ0v) is 12.3. The number of hydrogen-bond acceptors (Lipinski definition) is 4. The minimum atomic E-state index is 0.114. The van der Waals surface area contributed by atoms with E-state index in [1.165, 1.54) is 0 Å². The minimum Gasteiger partial charge on any atom is -0.308 e. The summed E-state index contributed by atoms with van der Waals surface area (Å²) in [7, 11) is 0. The number of nitrogens with one attached hydrogen (secondary N) is 1. The van der Waals surface area contributed by atoms with Gasteiger partial charge < -0.3 is 5.32 Å². The van der Waals surface area contributed by atoms with E-state index in [0.717, 1.165) is 28.1 Å². The van der Waals surface area contributed by atoms with Gasteiger partial charge in [0, 0.05) is 4.47 Å². The van der Waals surface area contributed by atoms with Gasteiger partial charge in [-0.1, -0.05) is 28.9 Å². The van der Waals surface area contributed by atoms with Gasteiger partial charge in [-0.3, -0.25) is 0 Å². The summed E-state index contributed by atoms with van der Waals surface area (Å²) in [4.78, 5) is 0. The first-order valence-electron chi connectivity index (χ1n) is 5.91. The van der Waals surface area contributed by atoms with E-state index in [2.05, 4.69) is 50.6 Å². The lowest BCUT2D eigenvalue weighted by atomic mass is 10.2. The molecule has 0 amide bonds. The van der Waals surface area contributed by atoms with Crippen molar-refractivity contribution in [1.82, 2.24) is 25.5 Å². The molecule has 0 aliphatic carbocycles. The Labute approximate surface area is 115 Å². The molecule has 1 aromatic heterocycles. The lowest BCUT2D eigenvalue weighted by molar-refractivity contribution is 0.550. The zero-order valence-electron chi connectivity index (χ0n) is 10.7. The lowest BCUT2D eigenvalue weighted by Gasteiger charge is -2.13. The Bertz CT molecular complexity index is 537. The van der Waals surface area contributed by atoms with Gasteiger partial charge in [0.25, 0.3) is 0 Å². The number of benzene rings is 1. The van der Waals surface area contributed by atoms with E-state index < -0.39 is 0 Å². The average molecular weight is 310 g/mol. The molecule has 18 heavy (non-hydrogen) atoms. The van der Waals surface area contributed by atoms with Gasteiger partial charge in [0.05, 0.1) is 11.7 Å². The first kappa shape index (κ1) is 13.2. The van der Waals surface area contributed by atoms with Gasteiger partial charge >= 0.3 is 0 Å². The van der Waals surface area contributed by atoms with Crippen LogP contribution in [0.5, 0.6) is 0 Å². The largest absolute Gasteiger partial charge is 0.308 e. The molecule has 1 heterocycles. The van der Waals surface area contributed by atoms with Crippen LogP contribution in [0.1, 0.15) is 31.3 Å². The second-order valence-electron chi connectivity index (χ2n) is 4.16. The molecule has 0 radical (unpaired) electrons. The Morgan fingerprint density at radius 3 is 2.94 bits per heavy atom. The van der Waals surface area contributed by atoms with Crippen molar-refractivity contribution in [3.05, 3.63) is 34.1 Å². The van der Waals surface area contributed by atoms with Crippen LogP contribution in [0.3, 0.4) is 0 Å². The van der Waals surface area contributed by atoms with Gasteiger partial charge in [0.15, 0.2) is 5.82 Å². The van der Waals surface area contributed by atoms with E-state index in [9.17, 15) is 0 Å². The second kappa shape index (κ2) is 5.58. The Hall–Kier alpha value is -1.27. The van der Waals surface area contributed by atoms with Crippen molar-refractivity contribution in [1.29, 1.82) is 0 Å². The maximum Gasteiger partial charge on any atom is 0.173 e. The lowest BCUT2D eigenvalue weighted by Crippen LogP contribution is -2.21. The third-order valence-corrected chi connectivity index (χ3v) is 3.28. The Morgan fingerprint density at radius 2 is 2.22 bits per heavy atom. The molecule has 1 atom stereocenters. The molecule has 5 nitrogen and oxygen atoms in total. The van der Waals surface area contributed by atoms with Crippen molar-refractivity contribution in [3.8, 4) is 5.69 Å². The summed E-state index contributed by atoms with van der Waals surface area (Å²) < 4.78 is 2.80. The number of tetrazole rings is 1. The normalized spacial score (nSPS) is 12.7. The summed E-state index contributed by atoms with van der Waals surface area (Å²) in [5.41, 5.74) is 2.13. The smallest absolute Gasteiger partial charge is 0.173 e. The summed E-state index contributed by atoms with van der Waals surface area (Å²) in [5, 5.41) is 15.3. The molecule has 0 spiro atoms. The Balaban J connectivity index is 2.45. The van der Waals surface area contributed by atoms with E-state index >= 15 is 0 Å². The first-order valence-corrected chi connectivity index (χ1v) is 6.71. The molecule has 0 bridgehead atoms. The van der Waals surface area contributed by atoms with Crippen LogP contribution in [0.4, 0.5) is 0 Å². The van der Waals surface area contributed by atoms with Gasteiger partial charge in [0.1, 0.15) is 0 Å². The van der Waals surface area contributed by atoms with Crippen LogP contribution in [0.15, 0.2) is 22.7 Å². The SMILES string of the molecule is CCNC(C)c1nnnn1-c1cc(Br)ccc1C. The summed E-state index contributed by atoms with van der Waals surface area (Å²) >= 11 is 3.48. The third kappa shape index (κ3) is 2.59. The topological polar surface area (TPSA) is 55.6 Å². The van der Waals surface area contributed by atoms with Crippen molar-refractivity contribution in [2.75, 3.05) is 6.54 Å². The molecule has 0 aliphatic rings. The van der Waals surface area contributed by atoms with E-state index in [4.69, 9.17) is 0 Å². The van der Waals surface area contributed by atoms with Crippen molar-refractivity contribution in [2.45, 2.75) is 26.8 Å². The van der Waals surface area contributed by atoms with Crippen LogP contribution in [-0.4, -0.2) is 26.8 Å². The average Bonchev–Trinajstić information content (AvgIpc) is 2.81. The highest BCUT2D eigenvalue weighted by atomic mass is 79.9. The van der Waals surface area contributed by atoms with Gasteiger partial charge in [-0.2, -0.15) is 4.68 Å². The fourth-order valence-corrected chi connectivity index (χ4v) is 2.19. The van der Waals surface area contributed by atoms with Crippen LogP contribution in [0.25, 0.3) is 5.69 Å². The Morgan fingerprint density at radius 1 is 1.44 bits per heavy atom. The van der Waals surface area contributed by atoms with Crippen LogP contribution >= 0.6 is 15.9 Å². The molecule has 1 aromatic carbocycles. The number of nitrogens with zero attached hydrogens (tertiary/aromatic N) is 4. The highest BCUT2D eigenvalue weighted by molar-refractivity contribution is 9.10. The Kier molecular flexibility index (Phi) is 4.08. The molecule has 2 aromatic rings. The minimum absolute atomic E-state index is 0.114. The number of aryl methyl sites for hydroxylation is 1. The van der Waals surface area contributed by atoms with E-state index in [0.29, 0.717) is 0 Å². The summed E-state index contributed by atoms with van der Waals surface area (Å²) in [6.45, 7) is 7.05. The van der Waals surface area contributed by atoms with Crippen LogP contribution in [-0.2, 0) is 0 Å². The quantitative estimate of drug-likeness (QED) is 0.942. The van der Waals surface area contributed by atoms with E-state index in [1.54, 1.807) is 4.68 Å². The predicted molar refractivity (Wildman–Crippen MR) is 73.7 cm³/mol. The van der Waals surface area contributed by atoms with E-state index in [-0.39, 0.29) is 6.04 Å². The molecular formula is C12H16BrN5. The molecule has 2 rings (SSSR count). The van der Waals surface area contributed by atoms with E-state index in [1.807, 2.05) is 25.1 Å². The van der Waals surface area contributed by atoms with Crippen molar-refractivity contribution < 1.29 is 0 Å². The van der Waals surface area contributed by atoms with Gasteiger partial charge in [-0.15, -0.1) is 5.10 Å². The molecule has 1 unspecified atom stereocenters. The van der Waals surface area contributed by atoms with Crippen molar-refractivity contribution in [3.63, 3.8) is 0 Å². The fraction of sp³-hybridized carbons (Fsp3) is 0.417. The number of hydrogen-bond donors (Lipinski definition) is 1. The molecule has 6 heteroatoms. The standard InChI is InChI=1S/C12H16BrN5/c1-4-14-9(3)12-15-16-17-18(12)11-7-10(13)6-5-8(11)2/h5-7,9,14H,4H2,1-3H3. The molecule has 96 valence electrons. The summed E-state index contributed by atoms with van der Waals surface area (Å²) in [5.74, 6) is 0.818. The molecule has 0 saturated heterocycles. The van der Waals surface area contributed by atoms with Gasteiger partial charge in [-0.25, -0.2) is 0 Å². The van der Waals surface area contributed by atoms with Crippen LogP contribution in [0.2, 0.25) is 0 Å². The monoisotopic (exact) mass is 309 g/mol. The highest BCUT2D eigenvalue weighted by Crippen LogP contribution is 2.21. The number of aromatic nitrogens is 4. The number of halogens is 1. The van der Waals surface area contributed by atoms with Crippen LogP contribution in [0, 0.1) is 6.92 Å². The molecule has 0 aliphatic heterocycles. The molecule has 1 N–H and O–H groups in total. The zero-order chi connectivity index (χ0) is 13.1. The summed E-state index contributed by atoms with van der Waals surface area (Å²) in [6, 6.07) is 6.19. The van der Waals surface area contributed by atoms with Gasteiger partial charge in [-0.05, 0) is 48.5 Å². The fourth-order valence-electron chi connectivity index (χ4n) is 1.84.